The number of rotatable bonds is 3. The summed E-state index contributed by atoms with van der Waals surface area (Å²) < 4.78 is 12.2. The van der Waals surface area contributed by atoms with Crippen molar-refractivity contribution in [2.75, 3.05) is 24.7 Å². The summed E-state index contributed by atoms with van der Waals surface area (Å²) in [6.07, 6.45) is 1.27. The molecule has 0 spiro atoms. The van der Waals surface area contributed by atoms with Crippen LogP contribution in [0.4, 0.5) is 0 Å². The Bertz CT molecular complexity index is 435. The van der Waals surface area contributed by atoms with Gasteiger partial charge in [-0.25, -0.2) is 0 Å². The van der Waals surface area contributed by atoms with Crippen molar-refractivity contribution >= 4 is 27.7 Å². The molecular formula is C13H16BrNO2S. The van der Waals surface area contributed by atoms with E-state index in [4.69, 9.17) is 9.47 Å². The molecule has 1 aromatic rings. The van der Waals surface area contributed by atoms with Gasteiger partial charge in [-0.1, -0.05) is 0 Å². The molecule has 5 heteroatoms. The van der Waals surface area contributed by atoms with Crippen molar-refractivity contribution in [2.45, 2.75) is 19.0 Å². The van der Waals surface area contributed by atoms with Gasteiger partial charge in [-0.15, -0.1) is 0 Å². The van der Waals surface area contributed by atoms with Crippen molar-refractivity contribution in [2.24, 2.45) is 0 Å². The predicted octanol–water partition coefficient (Wildman–Crippen LogP) is 2.82. The standard InChI is InChI=1S/C13H16BrNO2S/c14-11-5-9(7-15-10-1-4-18-8-10)6-12-13(11)17-3-2-16-12/h5-6,10,15H,1-4,7-8H2. The summed E-state index contributed by atoms with van der Waals surface area (Å²) in [7, 11) is 0. The fourth-order valence-corrected chi connectivity index (χ4v) is 4.01. The maximum atomic E-state index is 5.63. The molecule has 0 amide bonds. The van der Waals surface area contributed by atoms with Crippen LogP contribution in [0.1, 0.15) is 12.0 Å². The summed E-state index contributed by atoms with van der Waals surface area (Å²) >= 11 is 5.58. The van der Waals surface area contributed by atoms with Gasteiger partial charge >= 0.3 is 0 Å². The number of halogens is 1. The minimum atomic E-state index is 0.627. The van der Waals surface area contributed by atoms with Crippen LogP contribution >= 0.6 is 27.7 Å². The van der Waals surface area contributed by atoms with Gasteiger partial charge in [0, 0.05) is 18.3 Å². The number of benzene rings is 1. The number of hydrogen-bond acceptors (Lipinski definition) is 4. The molecule has 0 saturated carbocycles. The number of hydrogen-bond donors (Lipinski definition) is 1. The number of thioether (sulfide) groups is 1. The minimum absolute atomic E-state index is 0.627. The Morgan fingerprint density at radius 1 is 1.33 bits per heavy atom. The van der Waals surface area contributed by atoms with Crippen molar-refractivity contribution in [1.82, 2.24) is 5.32 Å². The van der Waals surface area contributed by atoms with Crippen LogP contribution in [0.5, 0.6) is 11.5 Å². The molecule has 1 unspecified atom stereocenters. The second-order valence-corrected chi connectivity index (χ2v) is 6.55. The lowest BCUT2D eigenvalue weighted by molar-refractivity contribution is 0.170. The van der Waals surface area contributed by atoms with Crippen LogP contribution < -0.4 is 14.8 Å². The van der Waals surface area contributed by atoms with Crippen LogP contribution in [-0.2, 0) is 6.54 Å². The van der Waals surface area contributed by atoms with E-state index in [1.807, 2.05) is 11.8 Å². The number of nitrogens with one attached hydrogen (secondary N) is 1. The van der Waals surface area contributed by atoms with E-state index in [-0.39, 0.29) is 0 Å². The fourth-order valence-electron chi connectivity index (χ4n) is 2.22. The van der Waals surface area contributed by atoms with E-state index >= 15 is 0 Å². The summed E-state index contributed by atoms with van der Waals surface area (Å²) in [4.78, 5) is 0. The first-order valence-corrected chi connectivity index (χ1v) is 8.17. The number of fused-ring (bicyclic) bond motifs is 1. The van der Waals surface area contributed by atoms with Crippen LogP contribution in [0.2, 0.25) is 0 Å². The van der Waals surface area contributed by atoms with Crippen molar-refractivity contribution in [3.8, 4) is 11.5 Å². The summed E-state index contributed by atoms with van der Waals surface area (Å²) in [6, 6.07) is 4.85. The lowest BCUT2D eigenvalue weighted by Crippen LogP contribution is -2.28. The Labute approximate surface area is 120 Å². The molecule has 0 radical (unpaired) electrons. The van der Waals surface area contributed by atoms with Crippen LogP contribution in [0.25, 0.3) is 0 Å². The predicted molar refractivity (Wildman–Crippen MR) is 77.7 cm³/mol. The summed E-state index contributed by atoms with van der Waals surface area (Å²) in [6.45, 7) is 2.15. The van der Waals surface area contributed by atoms with E-state index in [0.29, 0.717) is 19.3 Å². The van der Waals surface area contributed by atoms with Crippen molar-refractivity contribution in [3.63, 3.8) is 0 Å². The Hall–Kier alpha value is -0.390. The molecule has 1 saturated heterocycles. The molecule has 2 aliphatic rings. The van der Waals surface area contributed by atoms with Gasteiger partial charge in [0.05, 0.1) is 4.47 Å². The second-order valence-electron chi connectivity index (χ2n) is 4.54. The van der Waals surface area contributed by atoms with Gasteiger partial charge < -0.3 is 14.8 Å². The quantitative estimate of drug-likeness (QED) is 0.923. The van der Waals surface area contributed by atoms with Gasteiger partial charge in [-0.3, -0.25) is 0 Å². The smallest absolute Gasteiger partial charge is 0.175 e. The largest absolute Gasteiger partial charge is 0.486 e. The van der Waals surface area contributed by atoms with Crippen LogP contribution in [0.15, 0.2) is 16.6 Å². The molecule has 0 aliphatic carbocycles. The third-order valence-corrected chi connectivity index (χ3v) is 4.93. The van der Waals surface area contributed by atoms with E-state index in [1.165, 1.54) is 23.5 Å². The first-order valence-electron chi connectivity index (χ1n) is 6.22. The molecule has 18 heavy (non-hydrogen) atoms. The summed E-state index contributed by atoms with van der Waals surface area (Å²) in [5.41, 5.74) is 1.24. The molecule has 2 heterocycles. The number of ether oxygens (including phenoxy) is 2. The normalized spacial score (nSPS) is 22.2. The lowest BCUT2D eigenvalue weighted by Gasteiger charge is -2.21. The lowest BCUT2D eigenvalue weighted by atomic mass is 10.1. The Morgan fingerprint density at radius 2 is 2.22 bits per heavy atom. The zero-order valence-corrected chi connectivity index (χ0v) is 12.5. The first-order chi connectivity index (χ1) is 8.83. The van der Waals surface area contributed by atoms with Gasteiger partial charge in [0.15, 0.2) is 11.5 Å². The maximum Gasteiger partial charge on any atom is 0.175 e. The van der Waals surface area contributed by atoms with Crippen molar-refractivity contribution < 1.29 is 9.47 Å². The molecule has 3 nitrogen and oxygen atoms in total. The fraction of sp³-hybridized carbons (Fsp3) is 0.538. The van der Waals surface area contributed by atoms with Gasteiger partial charge in [0.1, 0.15) is 13.2 Å². The first kappa shape index (κ1) is 12.6. The van der Waals surface area contributed by atoms with Crippen LogP contribution in [0.3, 0.4) is 0 Å². The average Bonchev–Trinajstić information content (AvgIpc) is 2.90. The van der Waals surface area contributed by atoms with Crippen LogP contribution in [0, 0.1) is 0 Å². The molecule has 3 rings (SSSR count). The highest BCUT2D eigenvalue weighted by Gasteiger charge is 2.18. The summed E-state index contributed by atoms with van der Waals surface area (Å²) in [5, 5.41) is 3.59. The minimum Gasteiger partial charge on any atom is -0.486 e. The molecule has 0 aromatic heterocycles. The zero-order valence-electron chi connectivity index (χ0n) is 10.1. The SMILES string of the molecule is Brc1cc(CNC2CCSC2)cc2c1OCCO2. The second kappa shape index (κ2) is 5.72. The Balaban J connectivity index is 1.70. The highest BCUT2D eigenvalue weighted by Crippen LogP contribution is 2.38. The van der Waals surface area contributed by atoms with Gasteiger partial charge in [0.2, 0.25) is 0 Å². The molecule has 1 atom stereocenters. The van der Waals surface area contributed by atoms with E-state index in [1.54, 1.807) is 0 Å². The van der Waals surface area contributed by atoms with Gasteiger partial charge in [-0.2, -0.15) is 11.8 Å². The van der Waals surface area contributed by atoms with Crippen molar-refractivity contribution in [3.05, 3.63) is 22.2 Å². The third-order valence-electron chi connectivity index (χ3n) is 3.18. The molecule has 1 N–H and O–H groups in total. The monoisotopic (exact) mass is 329 g/mol. The van der Waals surface area contributed by atoms with E-state index < -0.39 is 0 Å². The molecule has 1 aromatic carbocycles. The highest BCUT2D eigenvalue weighted by atomic mass is 79.9. The van der Waals surface area contributed by atoms with E-state index in [0.717, 1.165) is 22.5 Å². The Morgan fingerprint density at radius 3 is 3.06 bits per heavy atom. The molecule has 2 aliphatic heterocycles. The maximum absolute atomic E-state index is 5.63. The van der Waals surface area contributed by atoms with Crippen LogP contribution in [-0.4, -0.2) is 30.8 Å². The molecule has 0 bridgehead atoms. The topological polar surface area (TPSA) is 30.5 Å². The molecule has 98 valence electrons. The van der Waals surface area contributed by atoms with E-state index in [9.17, 15) is 0 Å². The van der Waals surface area contributed by atoms with E-state index in [2.05, 4.69) is 33.4 Å². The molecular weight excluding hydrogens is 314 g/mol. The third kappa shape index (κ3) is 2.78. The Kier molecular flexibility index (Phi) is 4.01. The van der Waals surface area contributed by atoms with Crippen molar-refractivity contribution in [1.29, 1.82) is 0 Å². The summed E-state index contributed by atoms with van der Waals surface area (Å²) in [5.74, 6) is 4.20. The highest BCUT2D eigenvalue weighted by molar-refractivity contribution is 9.10. The van der Waals surface area contributed by atoms with Gasteiger partial charge in [-0.05, 0) is 45.8 Å². The average molecular weight is 330 g/mol. The van der Waals surface area contributed by atoms with Gasteiger partial charge in [0.25, 0.3) is 0 Å². The molecule has 1 fully saturated rings. The zero-order chi connectivity index (χ0) is 12.4.